The van der Waals surface area contributed by atoms with Gasteiger partial charge in [-0.2, -0.15) is 9.37 Å². The Morgan fingerprint density at radius 1 is 1.38 bits per heavy atom. The van der Waals surface area contributed by atoms with Crippen molar-refractivity contribution in [1.29, 1.82) is 0 Å². The van der Waals surface area contributed by atoms with Gasteiger partial charge in [0.2, 0.25) is 11.5 Å². The van der Waals surface area contributed by atoms with Crippen LogP contribution in [0.1, 0.15) is 30.3 Å². The number of nitrogen functional groups attached to an aromatic ring is 1. The summed E-state index contributed by atoms with van der Waals surface area (Å²) in [7, 11) is 0. The molecule has 84 valence electrons. The van der Waals surface area contributed by atoms with Crippen molar-refractivity contribution in [2.24, 2.45) is 0 Å². The van der Waals surface area contributed by atoms with Gasteiger partial charge in [0.05, 0.1) is 0 Å². The topological polar surface area (TPSA) is 64.9 Å². The largest absolute Gasteiger partial charge is 0.451 e. The second kappa shape index (κ2) is 3.13. The van der Waals surface area contributed by atoms with Crippen LogP contribution in [0.5, 0.6) is 0 Å². The predicted molar refractivity (Wildman–Crippen MR) is 53.0 cm³/mol. The van der Waals surface area contributed by atoms with E-state index in [0.29, 0.717) is 30.3 Å². The summed E-state index contributed by atoms with van der Waals surface area (Å²) < 4.78 is 32.1. The van der Waals surface area contributed by atoms with Crippen molar-refractivity contribution in [2.75, 3.05) is 5.73 Å². The smallest absolute Gasteiger partial charge is 0.261 e. The molecule has 2 aromatic heterocycles. The lowest BCUT2D eigenvalue weighted by molar-refractivity contribution is 0.255. The second-order valence-electron chi connectivity index (χ2n) is 3.85. The van der Waals surface area contributed by atoms with Crippen LogP contribution in [0, 0.1) is 5.95 Å². The summed E-state index contributed by atoms with van der Waals surface area (Å²) >= 11 is 0. The fourth-order valence-corrected chi connectivity index (χ4v) is 2.11. The minimum Gasteiger partial charge on any atom is -0.451 e. The number of hydrogen-bond donors (Lipinski definition) is 1. The number of alkyl halides is 1. The van der Waals surface area contributed by atoms with E-state index in [2.05, 4.69) is 9.97 Å². The highest BCUT2D eigenvalue weighted by molar-refractivity contribution is 5.79. The van der Waals surface area contributed by atoms with E-state index in [1.54, 1.807) is 0 Å². The molecule has 1 atom stereocenters. The van der Waals surface area contributed by atoms with Gasteiger partial charge in [-0.15, -0.1) is 0 Å². The number of hydrogen-bond acceptors (Lipinski definition) is 4. The highest BCUT2D eigenvalue weighted by Gasteiger charge is 2.28. The van der Waals surface area contributed by atoms with Crippen molar-refractivity contribution < 1.29 is 13.2 Å². The summed E-state index contributed by atoms with van der Waals surface area (Å²) in [4.78, 5) is 7.26. The summed E-state index contributed by atoms with van der Waals surface area (Å²) in [5, 5.41) is 0. The standard InChI is InChI=1S/C10H9F2N3O/c11-5-3-1-2-4-6-8(16-7(4)5)9(12)15-10(13)14-6/h5H,1-3H2,(H2,13,14,15). The Balaban J connectivity index is 2.36. The third-order valence-corrected chi connectivity index (χ3v) is 2.81. The molecule has 0 fully saturated rings. The molecule has 0 amide bonds. The molecule has 0 radical (unpaired) electrons. The summed E-state index contributed by atoms with van der Waals surface area (Å²) in [6.45, 7) is 0. The Labute approximate surface area is 89.5 Å². The van der Waals surface area contributed by atoms with Gasteiger partial charge in [0.15, 0.2) is 6.17 Å². The Morgan fingerprint density at radius 2 is 2.19 bits per heavy atom. The monoisotopic (exact) mass is 225 g/mol. The molecule has 16 heavy (non-hydrogen) atoms. The zero-order valence-electron chi connectivity index (χ0n) is 8.33. The van der Waals surface area contributed by atoms with Crippen LogP contribution in [0.4, 0.5) is 14.7 Å². The molecule has 0 spiro atoms. The summed E-state index contributed by atoms with van der Waals surface area (Å²) in [5.74, 6) is -0.807. The van der Waals surface area contributed by atoms with E-state index in [1.165, 1.54) is 0 Å². The van der Waals surface area contributed by atoms with Gasteiger partial charge in [-0.05, 0) is 19.3 Å². The van der Waals surface area contributed by atoms with Crippen LogP contribution in [-0.2, 0) is 6.42 Å². The molecule has 6 heteroatoms. The average molecular weight is 225 g/mol. The third-order valence-electron chi connectivity index (χ3n) is 2.81. The predicted octanol–water partition coefficient (Wildman–Crippen LogP) is 2.29. The number of aromatic nitrogens is 2. The fourth-order valence-electron chi connectivity index (χ4n) is 2.11. The van der Waals surface area contributed by atoms with E-state index in [0.717, 1.165) is 0 Å². The maximum absolute atomic E-state index is 13.6. The summed E-state index contributed by atoms with van der Waals surface area (Å²) in [5.41, 5.74) is 6.19. The van der Waals surface area contributed by atoms with E-state index in [1.807, 2.05) is 0 Å². The molecule has 0 bridgehead atoms. The summed E-state index contributed by atoms with van der Waals surface area (Å²) in [6, 6.07) is 0. The molecular formula is C10H9F2N3O. The first-order valence-electron chi connectivity index (χ1n) is 5.05. The Kier molecular flexibility index (Phi) is 1.86. The molecule has 0 aliphatic heterocycles. The Hall–Kier alpha value is -1.72. The van der Waals surface area contributed by atoms with Gasteiger partial charge in [0.1, 0.15) is 11.3 Å². The first kappa shape index (κ1) is 9.50. The van der Waals surface area contributed by atoms with Crippen LogP contribution >= 0.6 is 0 Å². The highest BCUT2D eigenvalue weighted by Crippen LogP contribution is 2.38. The van der Waals surface area contributed by atoms with Gasteiger partial charge in [-0.1, -0.05) is 0 Å². The average Bonchev–Trinajstić information content (AvgIpc) is 2.59. The Morgan fingerprint density at radius 3 is 3.00 bits per heavy atom. The van der Waals surface area contributed by atoms with Crippen LogP contribution in [-0.4, -0.2) is 9.97 Å². The quantitative estimate of drug-likeness (QED) is 0.698. The molecule has 4 nitrogen and oxygen atoms in total. The number of nitrogens with zero attached hydrogens (tertiary/aromatic N) is 2. The molecular weight excluding hydrogens is 216 g/mol. The third kappa shape index (κ3) is 1.19. The van der Waals surface area contributed by atoms with E-state index in [4.69, 9.17) is 10.2 Å². The van der Waals surface area contributed by atoms with Crippen molar-refractivity contribution in [3.8, 4) is 0 Å². The Bertz CT molecular complexity index is 567. The lowest BCUT2D eigenvalue weighted by Gasteiger charge is -2.12. The van der Waals surface area contributed by atoms with Gasteiger partial charge in [-0.3, -0.25) is 0 Å². The van der Waals surface area contributed by atoms with E-state index in [9.17, 15) is 8.78 Å². The molecule has 3 rings (SSSR count). The molecule has 1 unspecified atom stereocenters. The molecule has 2 aromatic rings. The van der Waals surface area contributed by atoms with Gasteiger partial charge in [-0.25, -0.2) is 9.37 Å². The van der Waals surface area contributed by atoms with E-state index in [-0.39, 0.29) is 17.3 Å². The first-order valence-corrected chi connectivity index (χ1v) is 5.05. The van der Waals surface area contributed by atoms with Crippen LogP contribution < -0.4 is 5.73 Å². The maximum atomic E-state index is 13.6. The minimum atomic E-state index is -1.18. The van der Waals surface area contributed by atoms with Crippen LogP contribution in [0.15, 0.2) is 4.42 Å². The number of aryl methyl sites for hydroxylation is 1. The van der Waals surface area contributed by atoms with Crippen LogP contribution in [0.2, 0.25) is 0 Å². The number of fused-ring (bicyclic) bond motifs is 3. The molecule has 2 heterocycles. The summed E-state index contributed by atoms with van der Waals surface area (Å²) in [6.07, 6.45) is 0.559. The van der Waals surface area contributed by atoms with Crippen molar-refractivity contribution in [3.63, 3.8) is 0 Å². The number of nitrogens with two attached hydrogens (primary N) is 1. The SMILES string of the molecule is Nc1nc(F)c2oc3c(c2n1)CCCC3F. The lowest BCUT2D eigenvalue weighted by Crippen LogP contribution is -2.04. The lowest BCUT2D eigenvalue weighted by atomic mass is 9.96. The fraction of sp³-hybridized carbons (Fsp3) is 0.400. The van der Waals surface area contributed by atoms with Gasteiger partial charge >= 0.3 is 0 Å². The number of furan rings is 1. The zero-order valence-corrected chi connectivity index (χ0v) is 8.33. The van der Waals surface area contributed by atoms with Crippen LogP contribution in [0.3, 0.4) is 0 Å². The zero-order chi connectivity index (χ0) is 11.3. The van der Waals surface area contributed by atoms with Crippen molar-refractivity contribution in [3.05, 3.63) is 17.3 Å². The number of rotatable bonds is 0. The minimum absolute atomic E-state index is 0.0937. The van der Waals surface area contributed by atoms with Gasteiger partial charge in [0.25, 0.3) is 5.95 Å². The molecule has 1 aliphatic rings. The molecule has 0 saturated carbocycles. The van der Waals surface area contributed by atoms with Crippen molar-refractivity contribution in [2.45, 2.75) is 25.4 Å². The first-order chi connectivity index (χ1) is 7.66. The van der Waals surface area contributed by atoms with Crippen molar-refractivity contribution in [1.82, 2.24) is 9.97 Å². The van der Waals surface area contributed by atoms with Gasteiger partial charge in [0, 0.05) is 5.56 Å². The van der Waals surface area contributed by atoms with Crippen LogP contribution in [0.25, 0.3) is 11.1 Å². The van der Waals surface area contributed by atoms with E-state index < -0.39 is 12.1 Å². The second-order valence-corrected chi connectivity index (χ2v) is 3.85. The molecule has 1 aliphatic carbocycles. The van der Waals surface area contributed by atoms with Crippen molar-refractivity contribution >= 4 is 17.0 Å². The highest BCUT2D eigenvalue weighted by atomic mass is 19.1. The number of halogens is 2. The molecule has 0 aromatic carbocycles. The normalized spacial score (nSPS) is 20.0. The van der Waals surface area contributed by atoms with E-state index >= 15 is 0 Å². The molecule has 2 N–H and O–H groups in total. The number of anilines is 1. The maximum Gasteiger partial charge on any atom is 0.261 e. The van der Waals surface area contributed by atoms with Gasteiger partial charge < -0.3 is 10.2 Å². The molecule has 0 saturated heterocycles.